The zero-order valence-electron chi connectivity index (χ0n) is 13.5. The summed E-state index contributed by atoms with van der Waals surface area (Å²) in [6.07, 6.45) is 1.07. The monoisotopic (exact) mass is 262 g/mol. The van der Waals surface area contributed by atoms with Crippen molar-refractivity contribution < 1.29 is 0 Å². The summed E-state index contributed by atoms with van der Waals surface area (Å²) < 4.78 is 0. The van der Waals surface area contributed by atoms with Crippen LogP contribution >= 0.6 is 0 Å². The fourth-order valence-corrected chi connectivity index (χ4v) is 2.51. The number of aryl methyl sites for hydroxylation is 3. The summed E-state index contributed by atoms with van der Waals surface area (Å²) in [4.78, 5) is 2.38. The van der Waals surface area contributed by atoms with Crippen LogP contribution < -0.4 is 5.73 Å². The van der Waals surface area contributed by atoms with Crippen LogP contribution in [0, 0.1) is 26.7 Å². The zero-order valence-corrected chi connectivity index (χ0v) is 13.5. The Bertz CT molecular complexity index is 387. The molecule has 1 unspecified atom stereocenters. The molecule has 0 aliphatic rings. The molecule has 1 aromatic rings. The summed E-state index contributed by atoms with van der Waals surface area (Å²) in [7, 11) is 2.19. The van der Waals surface area contributed by atoms with E-state index in [1.54, 1.807) is 0 Å². The van der Waals surface area contributed by atoms with Crippen molar-refractivity contribution in [1.82, 2.24) is 4.90 Å². The lowest BCUT2D eigenvalue weighted by Crippen LogP contribution is -2.31. The normalized spacial score (nSPS) is 13.3. The van der Waals surface area contributed by atoms with Gasteiger partial charge in [0, 0.05) is 12.6 Å². The van der Waals surface area contributed by atoms with E-state index >= 15 is 0 Å². The molecule has 0 bridgehead atoms. The van der Waals surface area contributed by atoms with Crippen molar-refractivity contribution in [2.24, 2.45) is 11.7 Å². The molecular weight excluding hydrogens is 232 g/mol. The first-order valence-corrected chi connectivity index (χ1v) is 7.32. The van der Waals surface area contributed by atoms with Crippen LogP contribution in [0.25, 0.3) is 0 Å². The minimum atomic E-state index is 0.308. The fourth-order valence-electron chi connectivity index (χ4n) is 2.51. The molecule has 0 heterocycles. The number of hydrogen-bond acceptors (Lipinski definition) is 2. The Morgan fingerprint density at radius 3 is 2.11 bits per heavy atom. The Balaban J connectivity index is 2.60. The second-order valence-electron chi connectivity index (χ2n) is 6.31. The predicted molar refractivity (Wildman–Crippen MR) is 84.4 cm³/mol. The topological polar surface area (TPSA) is 29.3 Å². The quantitative estimate of drug-likeness (QED) is 0.851. The van der Waals surface area contributed by atoms with E-state index in [1.807, 2.05) is 0 Å². The minimum Gasteiger partial charge on any atom is -0.327 e. The van der Waals surface area contributed by atoms with Crippen LogP contribution in [0.3, 0.4) is 0 Å². The van der Waals surface area contributed by atoms with Crippen LogP contribution in [0.15, 0.2) is 12.1 Å². The van der Waals surface area contributed by atoms with Crippen molar-refractivity contribution in [2.45, 2.75) is 53.6 Å². The molecule has 108 valence electrons. The molecule has 1 atom stereocenters. The molecular formula is C17H30N2. The van der Waals surface area contributed by atoms with Crippen molar-refractivity contribution in [3.8, 4) is 0 Å². The molecule has 0 radical (unpaired) electrons. The smallest absolute Gasteiger partial charge is 0.0235 e. The Morgan fingerprint density at radius 2 is 1.63 bits per heavy atom. The number of nitrogens with zero attached hydrogens (tertiary/aromatic N) is 1. The highest BCUT2D eigenvalue weighted by atomic mass is 15.1. The van der Waals surface area contributed by atoms with Gasteiger partial charge in [-0.2, -0.15) is 0 Å². The molecule has 19 heavy (non-hydrogen) atoms. The summed E-state index contributed by atoms with van der Waals surface area (Å²) in [5, 5.41) is 0. The van der Waals surface area contributed by atoms with Crippen molar-refractivity contribution in [2.75, 3.05) is 13.6 Å². The summed E-state index contributed by atoms with van der Waals surface area (Å²) in [6.45, 7) is 13.0. The summed E-state index contributed by atoms with van der Waals surface area (Å²) in [6, 6.07) is 4.86. The van der Waals surface area contributed by atoms with Crippen molar-refractivity contribution in [1.29, 1.82) is 0 Å². The molecule has 2 nitrogen and oxygen atoms in total. The highest BCUT2D eigenvalue weighted by Crippen LogP contribution is 2.18. The van der Waals surface area contributed by atoms with Crippen molar-refractivity contribution >= 4 is 0 Å². The average molecular weight is 262 g/mol. The first-order chi connectivity index (χ1) is 8.81. The lowest BCUT2D eigenvalue weighted by atomic mass is 9.99. The molecule has 2 N–H and O–H groups in total. The Kier molecular flexibility index (Phi) is 6.02. The number of hydrogen-bond donors (Lipinski definition) is 1. The van der Waals surface area contributed by atoms with Gasteiger partial charge in [0.1, 0.15) is 0 Å². The standard InChI is InChI=1S/C17H30N2/c1-12(2)17(18)7-8-19(6)11-16-14(4)9-13(3)10-15(16)5/h9-10,12,17H,7-8,11,18H2,1-6H3. The van der Waals surface area contributed by atoms with Gasteiger partial charge < -0.3 is 10.6 Å². The summed E-state index contributed by atoms with van der Waals surface area (Å²) >= 11 is 0. The van der Waals surface area contributed by atoms with E-state index in [4.69, 9.17) is 5.73 Å². The van der Waals surface area contributed by atoms with Gasteiger partial charge in [-0.05, 0) is 63.4 Å². The van der Waals surface area contributed by atoms with Crippen LogP contribution in [0.5, 0.6) is 0 Å². The molecule has 0 aliphatic heterocycles. The molecule has 1 aromatic carbocycles. The zero-order chi connectivity index (χ0) is 14.6. The van der Waals surface area contributed by atoms with E-state index in [1.165, 1.54) is 22.3 Å². The number of benzene rings is 1. The van der Waals surface area contributed by atoms with Gasteiger partial charge in [0.25, 0.3) is 0 Å². The average Bonchev–Trinajstić information content (AvgIpc) is 2.30. The first kappa shape index (κ1) is 16.2. The van der Waals surface area contributed by atoms with Crippen LogP contribution in [-0.2, 0) is 6.54 Å². The van der Waals surface area contributed by atoms with Gasteiger partial charge in [-0.25, -0.2) is 0 Å². The lowest BCUT2D eigenvalue weighted by molar-refractivity contribution is 0.295. The van der Waals surface area contributed by atoms with E-state index in [9.17, 15) is 0 Å². The van der Waals surface area contributed by atoms with E-state index in [0.29, 0.717) is 12.0 Å². The Hall–Kier alpha value is -0.860. The van der Waals surface area contributed by atoms with E-state index in [2.05, 4.69) is 58.7 Å². The van der Waals surface area contributed by atoms with Gasteiger partial charge in [0.15, 0.2) is 0 Å². The minimum absolute atomic E-state index is 0.308. The maximum atomic E-state index is 6.11. The molecule has 0 aliphatic carbocycles. The van der Waals surface area contributed by atoms with Crippen LogP contribution in [0.4, 0.5) is 0 Å². The fraction of sp³-hybridized carbons (Fsp3) is 0.647. The molecule has 0 fully saturated rings. The second-order valence-corrected chi connectivity index (χ2v) is 6.31. The molecule has 0 aromatic heterocycles. The Labute approximate surface area is 119 Å². The molecule has 0 saturated carbocycles. The van der Waals surface area contributed by atoms with Crippen LogP contribution in [0.1, 0.15) is 42.5 Å². The SMILES string of the molecule is Cc1cc(C)c(CN(C)CCC(N)C(C)C)c(C)c1. The number of nitrogens with two attached hydrogens (primary N) is 1. The second kappa shape index (κ2) is 7.06. The van der Waals surface area contributed by atoms with E-state index in [-0.39, 0.29) is 0 Å². The third-order valence-electron chi connectivity index (χ3n) is 3.97. The highest BCUT2D eigenvalue weighted by molar-refractivity contribution is 5.37. The maximum absolute atomic E-state index is 6.11. The van der Waals surface area contributed by atoms with Gasteiger partial charge in [-0.1, -0.05) is 31.5 Å². The van der Waals surface area contributed by atoms with Gasteiger partial charge in [0.2, 0.25) is 0 Å². The van der Waals surface area contributed by atoms with Gasteiger partial charge >= 0.3 is 0 Å². The van der Waals surface area contributed by atoms with E-state index in [0.717, 1.165) is 19.5 Å². The maximum Gasteiger partial charge on any atom is 0.0235 e. The largest absolute Gasteiger partial charge is 0.327 e. The van der Waals surface area contributed by atoms with Crippen molar-refractivity contribution in [3.63, 3.8) is 0 Å². The first-order valence-electron chi connectivity index (χ1n) is 7.32. The molecule has 0 spiro atoms. The Morgan fingerprint density at radius 1 is 1.11 bits per heavy atom. The molecule has 1 rings (SSSR count). The third-order valence-corrected chi connectivity index (χ3v) is 3.97. The lowest BCUT2D eigenvalue weighted by Gasteiger charge is -2.23. The van der Waals surface area contributed by atoms with Crippen LogP contribution in [0.2, 0.25) is 0 Å². The van der Waals surface area contributed by atoms with Gasteiger partial charge in [-0.3, -0.25) is 0 Å². The third kappa shape index (κ3) is 4.96. The summed E-state index contributed by atoms with van der Waals surface area (Å²) in [5.41, 5.74) is 11.7. The molecule has 0 saturated heterocycles. The van der Waals surface area contributed by atoms with Gasteiger partial charge in [-0.15, -0.1) is 0 Å². The highest BCUT2D eigenvalue weighted by Gasteiger charge is 2.11. The van der Waals surface area contributed by atoms with Crippen molar-refractivity contribution in [3.05, 3.63) is 34.4 Å². The van der Waals surface area contributed by atoms with E-state index < -0.39 is 0 Å². The summed E-state index contributed by atoms with van der Waals surface area (Å²) in [5.74, 6) is 0.566. The van der Waals surface area contributed by atoms with Crippen LogP contribution in [-0.4, -0.2) is 24.5 Å². The number of rotatable bonds is 6. The predicted octanol–water partition coefficient (Wildman–Crippen LogP) is 3.42. The molecule has 0 amide bonds. The molecule has 2 heteroatoms. The van der Waals surface area contributed by atoms with Gasteiger partial charge in [0.05, 0.1) is 0 Å².